The number of benzene rings is 1. The van der Waals surface area contributed by atoms with E-state index in [-0.39, 0.29) is 34.4 Å². The summed E-state index contributed by atoms with van der Waals surface area (Å²) in [5.74, 6) is -0.644. The first kappa shape index (κ1) is 20.8. The number of rotatable bonds is 8. The van der Waals surface area contributed by atoms with Crippen LogP contribution < -0.4 is 0 Å². The molecule has 0 radical (unpaired) electrons. The molecule has 0 aliphatic heterocycles. The Bertz CT molecular complexity index is 566. The van der Waals surface area contributed by atoms with Gasteiger partial charge >= 0.3 is 7.12 Å². The lowest BCUT2D eigenvalue weighted by Crippen LogP contribution is -2.40. The molecule has 1 aromatic rings. The summed E-state index contributed by atoms with van der Waals surface area (Å²) >= 11 is 12.0. The predicted octanol–water partition coefficient (Wildman–Crippen LogP) is 1.78. The van der Waals surface area contributed by atoms with Crippen molar-refractivity contribution in [1.82, 2.24) is 9.80 Å². The summed E-state index contributed by atoms with van der Waals surface area (Å²) in [5, 5.41) is 18.0. The average Bonchev–Trinajstić information content (AvgIpc) is 2.50. The van der Waals surface area contributed by atoms with Gasteiger partial charge in [-0.05, 0) is 24.9 Å². The first-order valence-electron chi connectivity index (χ1n) is 7.53. The quantitative estimate of drug-likeness (QED) is 0.536. The summed E-state index contributed by atoms with van der Waals surface area (Å²) in [4.78, 5) is 27.3. The van der Waals surface area contributed by atoms with E-state index in [0.717, 1.165) is 0 Å². The topological polar surface area (TPSA) is 81.1 Å². The molecule has 1 rings (SSSR count). The van der Waals surface area contributed by atoms with Gasteiger partial charge in [0.25, 0.3) is 5.91 Å². The molecule has 0 fully saturated rings. The second-order valence-corrected chi connectivity index (χ2v) is 6.36. The van der Waals surface area contributed by atoms with Crippen molar-refractivity contribution in [3.05, 3.63) is 33.8 Å². The van der Waals surface area contributed by atoms with E-state index in [2.05, 4.69) is 0 Å². The number of hydrogen-bond acceptors (Lipinski definition) is 4. The third kappa shape index (κ3) is 6.32. The Labute approximate surface area is 152 Å². The van der Waals surface area contributed by atoms with Gasteiger partial charge in [0.2, 0.25) is 5.91 Å². The lowest BCUT2D eigenvalue weighted by molar-refractivity contribution is -0.130. The maximum Gasteiger partial charge on any atom is 0.451 e. The molecule has 2 N–H and O–H groups in total. The molecule has 6 nitrogen and oxygen atoms in total. The van der Waals surface area contributed by atoms with Crippen LogP contribution in [0.1, 0.15) is 23.2 Å². The number of unbranched alkanes of at least 4 members (excludes halogenated alkanes) is 1. The maximum absolute atomic E-state index is 12.4. The fourth-order valence-corrected chi connectivity index (χ4v) is 2.65. The molecule has 0 atom stereocenters. The summed E-state index contributed by atoms with van der Waals surface area (Å²) < 4.78 is 0. The van der Waals surface area contributed by atoms with Crippen LogP contribution in [0.15, 0.2) is 18.2 Å². The molecule has 0 aromatic heterocycles. The summed E-state index contributed by atoms with van der Waals surface area (Å²) in [6.45, 7) is 0.375. The van der Waals surface area contributed by atoms with Gasteiger partial charge in [-0.2, -0.15) is 0 Å². The smallest absolute Gasteiger partial charge is 0.427 e. The van der Waals surface area contributed by atoms with Crippen molar-refractivity contribution in [3.8, 4) is 0 Å². The van der Waals surface area contributed by atoms with Crippen molar-refractivity contribution in [2.75, 3.05) is 27.2 Å². The highest BCUT2D eigenvalue weighted by Gasteiger charge is 2.21. The van der Waals surface area contributed by atoms with Gasteiger partial charge in [-0.3, -0.25) is 9.59 Å². The van der Waals surface area contributed by atoms with Gasteiger partial charge in [0, 0.05) is 20.6 Å². The summed E-state index contributed by atoms with van der Waals surface area (Å²) in [6, 6.07) is 4.78. The van der Waals surface area contributed by atoms with E-state index >= 15 is 0 Å². The largest absolute Gasteiger partial charge is 0.451 e. The Hall–Kier alpha value is -1.28. The highest BCUT2D eigenvalue weighted by molar-refractivity contribution is 6.41. The lowest BCUT2D eigenvalue weighted by atomic mass is 9.84. The van der Waals surface area contributed by atoms with Gasteiger partial charge in [0.15, 0.2) is 0 Å². The van der Waals surface area contributed by atoms with Crippen molar-refractivity contribution < 1.29 is 19.6 Å². The van der Waals surface area contributed by atoms with Crippen LogP contribution in [0, 0.1) is 0 Å². The average molecular weight is 375 g/mol. The normalized spacial score (nSPS) is 10.4. The van der Waals surface area contributed by atoms with Gasteiger partial charge in [-0.1, -0.05) is 35.7 Å². The van der Waals surface area contributed by atoms with Gasteiger partial charge in [-0.25, -0.2) is 0 Å². The number of carbonyl (C=O) groups excluding carboxylic acids is 2. The second-order valence-electron chi connectivity index (χ2n) is 5.55. The van der Waals surface area contributed by atoms with Crippen molar-refractivity contribution in [1.29, 1.82) is 0 Å². The minimum atomic E-state index is -1.32. The first-order valence-corrected chi connectivity index (χ1v) is 8.29. The molecule has 0 saturated heterocycles. The number of likely N-dealkylation sites (N-methyl/N-ethyl adjacent to an activating group) is 2. The molecule has 0 unspecified atom stereocenters. The predicted molar refractivity (Wildman–Crippen MR) is 95.3 cm³/mol. The second kappa shape index (κ2) is 9.88. The molecule has 0 heterocycles. The van der Waals surface area contributed by atoms with Gasteiger partial charge in [-0.15, -0.1) is 0 Å². The van der Waals surface area contributed by atoms with Gasteiger partial charge < -0.3 is 19.8 Å². The zero-order chi connectivity index (χ0) is 18.3. The fourth-order valence-electron chi connectivity index (χ4n) is 2.09. The van der Waals surface area contributed by atoms with E-state index in [4.69, 9.17) is 33.2 Å². The van der Waals surface area contributed by atoms with Crippen molar-refractivity contribution in [3.63, 3.8) is 0 Å². The van der Waals surface area contributed by atoms with Crippen LogP contribution in [-0.2, 0) is 4.79 Å². The van der Waals surface area contributed by atoms with Crippen LogP contribution in [0.4, 0.5) is 0 Å². The third-order valence-electron chi connectivity index (χ3n) is 3.53. The number of nitrogens with zero attached hydrogens (tertiary/aromatic N) is 2. The Balaban J connectivity index is 2.55. The third-order valence-corrected chi connectivity index (χ3v) is 4.16. The lowest BCUT2D eigenvalue weighted by Gasteiger charge is -2.22. The van der Waals surface area contributed by atoms with Crippen LogP contribution in [-0.4, -0.2) is 66.0 Å². The molecule has 0 saturated carbocycles. The highest BCUT2D eigenvalue weighted by atomic mass is 35.5. The summed E-state index contributed by atoms with van der Waals surface area (Å²) in [7, 11) is 1.82. The van der Waals surface area contributed by atoms with Crippen LogP contribution >= 0.6 is 23.2 Å². The Morgan fingerprint density at radius 1 is 1.08 bits per heavy atom. The minimum Gasteiger partial charge on any atom is -0.427 e. The van der Waals surface area contributed by atoms with Gasteiger partial charge in [0.1, 0.15) is 0 Å². The molecule has 2 amide bonds. The minimum absolute atomic E-state index is 0.0977. The molecule has 0 spiro atoms. The molecule has 0 bridgehead atoms. The van der Waals surface area contributed by atoms with Crippen molar-refractivity contribution in [2.24, 2.45) is 0 Å². The molecule has 0 aliphatic rings. The van der Waals surface area contributed by atoms with Crippen LogP contribution in [0.2, 0.25) is 16.4 Å². The monoisotopic (exact) mass is 374 g/mol. The van der Waals surface area contributed by atoms with Crippen LogP contribution in [0.25, 0.3) is 0 Å². The standard InChI is InChI=1S/C15H21BCl2N2O4/c1-19(9-4-3-8-16(23)24)13(21)10-20(2)15(22)14-11(17)6-5-7-12(14)18/h5-7,23-24H,3-4,8-10H2,1-2H3. The number of halogens is 2. The number of hydrogen-bond donors (Lipinski definition) is 2. The van der Waals surface area contributed by atoms with E-state index in [9.17, 15) is 9.59 Å². The fraction of sp³-hybridized carbons (Fsp3) is 0.467. The van der Waals surface area contributed by atoms with Crippen LogP contribution in [0.3, 0.4) is 0 Å². The molecule has 0 aliphatic carbocycles. The van der Waals surface area contributed by atoms with E-state index < -0.39 is 13.0 Å². The SMILES string of the molecule is CN(CCCCB(O)O)C(=O)CN(C)C(=O)c1c(Cl)cccc1Cl. The zero-order valence-electron chi connectivity index (χ0n) is 13.7. The van der Waals surface area contributed by atoms with E-state index in [1.165, 1.54) is 16.8 Å². The molecule has 24 heavy (non-hydrogen) atoms. The van der Waals surface area contributed by atoms with Crippen molar-refractivity contribution >= 4 is 42.1 Å². The molecule has 1 aromatic carbocycles. The zero-order valence-corrected chi connectivity index (χ0v) is 15.2. The maximum atomic E-state index is 12.4. The van der Waals surface area contributed by atoms with Crippen LogP contribution in [0.5, 0.6) is 0 Å². The van der Waals surface area contributed by atoms with E-state index in [1.807, 2.05) is 0 Å². The Morgan fingerprint density at radius 2 is 1.67 bits per heavy atom. The van der Waals surface area contributed by atoms with Crippen molar-refractivity contribution in [2.45, 2.75) is 19.2 Å². The number of carbonyl (C=O) groups is 2. The Kier molecular flexibility index (Phi) is 8.55. The summed E-state index contributed by atoms with van der Waals surface area (Å²) in [6.07, 6.45) is 1.51. The molecular formula is C15H21BCl2N2O4. The molecular weight excluding hydrogens is 354 g/mol. The van der Waals surface area contributed by atoms with E-state index in [0.29, 0.717) is 19.4 Å². The number of amides is 2. The van der Waals surface area contributed by atoms with E-state index in [1.54, 1.807) is 25.2 Å². The molecule has 132 valence electrons. The van der Waals surface area contributed by atoms with Gasteiger partial charge in [0.05, 0.1) is 22.2 Å². The summed E-state index contributed by atoms with van der Waals surface area (Å²) in [5.41, 5.74) is 0.177. The molecule has 9 heteroatoms. The first-order chi connectivity index (χ1) is 11.2. The Morgan fingerprint density at radius 3 is 2.21 bits per heavy atom. The highest BCUT2D eigenvalue weighted by Crippen LogP contribution is 2.25.